The Labute approximate surface area is 114 Å². The smallest absolute Gasteiger partial charge is 0.228 e. The van der Waals surface area contributed by atoms with Gasteiger partial charge in [-0.25, -0.2) is 0 Å². The van der Waals surface area contributed by atoms with Crippen LogP contribution in [-0.2, 0) is 9.59 Å². The van der Waals surface area contributed by atoms with Gasteiger partial charge in [-0.2, -0.15) is 0 Å². The Morgan fingerprint density at radius 3 is 2.68 bits per heavy atom. The average Bonchev–Trinajstić information content (AvgIpc) is 2.36. The molecule has 0 aliphatic carbocycles. The Morgan fingerprint density at radius 1 is 1.42 bits per heavy atom. The van der Waals surface area contributed by atoms with Gasteiger partial charge in [-0.1, -0.05) is 6.92 Å². The van der Waals surface area contributed by atoms with Crippen molar-refractivity contribution in [2.24, 2.45) is 11.3 Å². The van der Waals surface area contributed by atoms with E-state index in [1.165, 1.54) is 4.90 Å². The van der Waals surface area contributed by atoms with E-state index in [1.807, 2.05) is 4.90 Å². The zero-order chi connectivity index (χ0) is 14.2. The maximum absolute atomic E-state index is 12.0. The average molecular weight is 265 g/mol. The number of rotatable bonds is 1. The quantitative estimate of drug-likeness (QED) is 0.780. The highest BCUT2D eigenvalue weighted by molar-refractivity contribution is 5.99. The van der Waals surface area contributed by atoms with Crippen LogP contribution in [0, 0.1) is 16.7 Å². The van der Waals surface area contributed by atoms with Crippen molar-refractivity contribution >= 4 is 17.6 Å². The van der Waals surface area contributed by atoms with Crippen LogP contribution in [0.25, 0.3) is 0 Å². The largest absolute Gasteiger partial charge is 0.343 e. The predicted octanol–water partition coefficient (Wildman–Crippen LogP) is 1.48. The van der Waals surface area contributed by atoms with Crippen LogP contribution in [-0.4, -0.2) is 47.6 Å². The van der Waals surface area contributed by atoms with Crippen LogP contribution in [0.1, 0.15) is 39.5 Å². The Kier molecular flexibility index (Phi) is 3.65. The molecule has 2 heterocycles. The Bertz CT molecular complexity index is 401. The summed E-state index contributed by atoms with van der Waals surface area (Å²) < 4.78 is 0. The first kappa shape index (κ1) is 14.0. The molecule has 2 amide bonds. The van der Waals surface area contributed by atoms with E-state index < -0.39 is 0 Å². The fourth-order valence-corrected chi connectivity index (χ4v) is 3.30. The molecule has 2 saturated heterocycles. The second-order valence-electron chi connectivity index (χ2n) is 6.21. The van der Waals surface area contributed by atoms with E-state index in [1.54, 1.807) is 14.0 Å². The summed E-state index contributed by atoms with van der Waals surface area (Å²) in [6.45, 7) is 5.26. The van der Waals surface area contributed by atoms with Gasteiger partial charge in [0, 0.05) is 39.9 Å². The highest BCUT2D eigenvalue weighted by Crippen LogP contribution is 2.43. The zero-order valence-electron chi connectivity index (χ0n) is 12.0. The van der Waals surface area contributed by atoms with Gasteiger partial charge in [0.25, 0.3) is 0 Å². The molecule has 0 aromatic carbocycles. The summed E-state index contributed by atoms with van der Waals surface area (Å²) in [7, 11) is 1.67. The molecule has 2 aliphatic rings. The molecule has 0 bridgehead atoms. The van der Waals surface area contributed by atoms with Crippen molar-refractivity contribution in [1.29, 1.82) is 5.41 Å². The zero-order valence-corrected chi connectivity index (χ0v) is 12.0. The number of nitrogens with one attached hydrogen (secondary N) is 1. The van der Waals surface area contributed by atoms with Crippen LogP contribution in [0.3, 0.4) is 0 Å². The number of nitrogens with zero attached hydrogens (tertiary/aromatic N) is 2. The molecule has 5 heteroatoms. The van der Waals surface area contributed by atoms with Crippen LogP contribution < -0.4 is 0 Å². The van der Waals surface area contributed by atoms with Crippen LogP contribution in [0.5, 0.6) is 0 Å². The number of piperidine rings is 2. The summed E-state index contributed by atoms with van der Waals surface area (Å²) in [6, 6.07) is 0. The maximum atomic E-state index is 12.0. The van der Waals surface area contributed by atoms with E-state index >= 15 is 0 Å². The van der Waals surface area contributed by atoms with Crippen molar-refractivity contribution < 1.29 is 9.59 Å². The Morgan fingerprint density at radius 2 is 2.11 bits per heavy atom. The first-order valence-electron chi connectivity index (χ1n) is 6.93. The van der Waals surface area contributed by atoms with Crippen molar-refractivity contribution in [1.82, 2.24) is 9.80 Å². The van der Waals surface area contributed by atoms with Crippen molar-refractivity contribution in [2.75, 3.05) is 20.1 Å². The molecule has 0 aromatic rings. The second-order valence-corrected chi connectivity index (χ2v) is 6.21. The van der Waals surface area contributed by atoms with Gasteiger partial charge in [0.15, 0.2) is 0 Å². The minimum Gasteiger partial charge on any atom is -0.343 e. The van der Waals surface area contributed by atoms with E-state index in [-0.39, 0.29) is 17.2 Å². The Balaban J connectivity index is 2.13. The molecule has 5 nitrogen and oxygen atoms in total. The standard InChI is InChI=1S/C14H23N3O2/c1-10(18)17-6-4-5-11(9-17)14(2)7-12(15)16(3)13(19)8-14/h11,15H,4-9H2,1-3H3/t11?,14-/m0/s1. The van der Waals surface area contributed by atoms with Gasteiger partial charge in [0.05, 0.1) is 0 Å². The monoisotopic (exact) mass is 265 g/mol. The summed E-state index contributed by atoms with van der Waals surface area (Å²) in [4.78, 5) is 26.8. The fourth-order valence-electron chi connectivity index (χ4n) is 3.30. The van der Waals surface area contributed by atoms with Gasteiger partial charge < -0.3 is 9.80 Å². The van der Waals surface area contributed by atoms with E-state index in [0.29, 0.717) is 24.6 Å². The van der Waals surface area contributed by atoms with Gasteiger partial charge in [-0.3, -0.25) is 15.0 Å². The lowest BCUT2D eigenvalue weighted by Gasteiger charge is -2.46. The lowest BCUT2D eigenvalue weighted by Crippen LogP contribution is -2.51. The molecule has 1 N–H and O–H groups in total. The lowest BCUT2D eigenvalue weighted by molar-refractivity contribution is -0.134. The molecule has 0 radical (unpaired) electrons. The van der Waals surface area contributed by atoms with Gasteiger partial charge in [-0.05, 0) is 24.2 Å². The van der Waals surface area contributed by atoms with E-state index in [0.717, 1.165) is 25.9 Å². The number of amidine groups is 1. The number of hydrogen-bond acceptors (Lipinski definition) is 3. The minimum absolute atomic E-state index is 0.0266. The number of carbonyl (C=O) groups is 2. The first-order chi connectivity index (χ1) is 8.83. The van der Waals surface area contributed by atoms with Gasteiger partial charge >= 0.3 is 0 Å². The lowest BCUT2D eigenvalue weighted by atomic mass is 9.67. The third-order valence-electron chi connectivity index (χ3n) is 4.76. The molecular formula is C14H23N3O2. The first-order valence-corrected chi connectivity index (χ1v) is 6.93. The summed E-state index contributed by atoms with van der Waals surface area (Å²) in [5, 5.41) is 7.96. The number of hydrogen-bond donors (Lipinski definition) is 1. The van der Waals surface area contributed by atoms with Gasteiger partial charge in [0.2, 0.25) is 11.8 Å². The molecule has 19 heavy (non-hydrogen) atoms. The molecule has 0 spiro atoms. The topological polar surface area (TPSA) is 64.5 Å². The SMILES string of the molecule is CC(=O)N1CCCC([C@@]2(C)CC(=N)N(C)C(=O)C2)C1. The van der Waals surface area contributed by atoms with Crippen molar-refractivity contribution in [3.8, 4) is 0 Å². The van der Waals surface area contributed by atoms with Crippen LogP contribution in [0.2, 0.25) is 0 Å². The molecule has 106 valence electrons. The highest BCUT2D eigenvalue weighted by Gasteiger charge is 2.44. The van der Waals surface area contributed by atoms with Crippen molar-refractivity contribution in [3.63, 3.8) is 0 Å². The predicted molar refractivity (Wildman–Crippen MR) is 72.8 cm³/mol. The third-order valence-corrected chi connectivity index (χ3v) is 4.76. The molecule has 2 atom stereocenters. The molecule has 0 saturated carbocycles. The fraction of sp³-hybridized carbons (Fsp3) is 0.786. The highest BCUT2D eigenvalue weighted by atomic mass is 16.2. The molecule has 1 unspecified atom stereocenters. The minimum atomic E-state index is -0.172. The van der Waals surface area contributed by atoms with E-state index in [2.05, 4.69) is 6.92 Å². The maximum Gasteiger partial charge on any atom is 0.228 e. The van der Waals surface area contributed by atoms with E-state index in [4.69, 9.17) is 5.41 Å². The summed E-state index contributed by atoms with van der Waals surface area (Å²) in [5.41, 5.74) is -0.172. The van der Waals surface area contributed by atoms with Crippen molar-refractivity contribution in [3.05, 3.63) is 0 Å². The summed E-state index contributed by atoms with van der Waals surface area (Å²) >= 11 is 0. The van der Waals surface area contributed by atoms with Gasteiger partial charge in [0.1, 0.15) is 5.84 Å². The summed E-state index contributed by atoms with van der Waals surface area (Å²) in [6.07, 6.45) is 3.16. The molecule has 0 aromatic heterocycles. The normalized spacial score (nSPS) is 32.7. The van der Waals surface area contributed by atoms with Crippen LogP contribution in [0.4, 0.5) is 0 Å². The molecule has 2 rings (SSSR count). The second kappa shape index (κ2) is 4.94. The number of amides is 2. The number of carbonyl (C=O) groups excluding carboxylic acids is 2. The summed E-state index contributed by atoms with van der Waals surface area (Å²) in [5.74, 6) is 0.864. The van der Waals surface area contributed by atoms with Crippen LogP contribution in [0.15, 0.2) is 0 Å². The molecular weight excluding hydrogens is 242 g/mol. The molecule has 2 fully saturated rings. The number of likely N-dealkylation sites (tertiary alicyclic amines) is 2. The van der Waals surface area contributed by atoms with E-state index in [9.17, 15) is 9.59 Å². The Hall–Kier alpha value is -1.39. The van der Waals surface area contributed by atoms with Gasteiger partial charge in [-0.15, -0.1) is 0 Å². The third kappa shape index (κ3) is 2.65. The van der Waals surface area contributed by atoms with Crippen molar-refractivity contribution in [2.45, 2.75) is 39.5 Å². The molecule has 2 aliphatic heterocycles. The van der Waals surface area contributed by atoms with Crippen LogP contribution >= 0.6 is 0 Å².